The van der Waals surface area contributed by atoms with E-state index < -0.39 is 9.85 Å². The van der Waals surface area contributed by atoms with Gasteiger partial charge in [-0.3, -0.25) is 25.2 Å². The molecule has 1 fully saturated rings. The Kier molecular flexibility index (Phi) is 4.23. The van der Waals surface area contributed by atoms with E-state index in [2.05, 4.69) is 9.88 Å². The smallest absolute Gasteiger partial charge is 0.299 e. The molecule has 0 N–H and O–H groups in total. The van der Waals surface area contributed by atoms with E-state index in [1.807, 2.05) is 17.0 Å². The zero-order valence-electron chi connectivity index (χ0n) is 12.7. The summed E-state index contributed by atoms with van der Waals surface area (Å²) < 4.78 is 0. The molecule has 9 heteroatoms. The zero-order chi connectivity index (χ0) is 17.1. The maximum Gasteiger partial charge on any atom is 0.299 e. The summed E-state index contributed by atoms with van der Waals surface area (Å²) in [6.45, 7) is 2.61. The number of nitrogens with zero attached hydrogens (tertiary/aromatic N) is 5. The number of benzene rings is 1. The second kappa shape index (κ2) is 6.49. The minimum absolute atomic E-state index is 0.235. The molecule has 0 bridgehead atoms. The van der Waals surface area contributed by atoms with Crippen molar-refractivity contribution in [3.8, 4) is 0 Å². The number of non-ortho nitro benzene ring substituents is 1. The van der Waals surface area contributed by atoms with Crippen molar-refractivity contribution < 1.29 is 9.85 Å². The van der Waals surface area contributed by atoms with Gasteiger partial charge in [-0.2, -0.15) is 0 Å². The fraction of sp³-hybridized carbons (Fsp3) is 0.267. The number of hydrogen-bond acceptors (Lipinski definition) is 7. The predicted molar refractivity (Wildman–Crippen MR) is 88.4 cm³/mol. The molecule has 0 amide bonds. The Morgan fingerprint density at radius 1 is 0.875 bits per heavy atom. The van der Waals surface area contributed by atoms with Crippen molar-refractivity contribution in [3.05, 3.63) is 63.0 Å². The third kappa shape index (κ3) is 3.09. The second-order valence-electron chi connectivity index (χ2n) is 5.37. The van der Waals surface area contributed by atoms with Crippen LogP contribution in [0.3, 0.4) is 0 Å². The topological polar surface area (TPSA) is 106 Å². The van der Waals surface area contributed by atoms with Gasteiger partial charge in [-0.25, -0.2) is 0 Å². The van der Waals surface area contributed by atoms with Crippen LogP contribution in [0.4, 0.5) is 22.7 Å². The van der Waals surface area contributed by atoms with Crippen molar-refractivity contribution in [2.45, 2.75) is 0 Å². The van der Waals surface area contributed by atoms with Gasteiger partial charge >= 0.3 is 0 Å². The molecule has 0 atom stereocenters. The molecule has 24 heavy (non-hydrogen) atoms. The lowest BCUT2D eigenvalue weighted by Crippen LogP contribution is -2.46. The van der Waals surface area contributed by atoms with Gasteiger partial charge < -0.3 is 9.80 Å². The Balaban J connectivity index is 1.79. The largest absolute Gasteiger partial charge is 0.368 e. The van der Waals surface area contributed by atoms with Gasteiger partial charge in [0, 0.05) is 50.3 Å². The highest BCUT2D eigenvalue weighted by Gasteiger charge is 2.26. The quantitative estimate of drug-likeness (QED) is 0.625. The first-order chi connectivity index (χ1) is 11.6. The SMILES string of the molecule is O=[N+]([O-])c1ccc(N2CCN(c3ccncc3)CC2)c([N+](=O)[O-])c1. The average molecular weight is 329 g/mol. The van der Waals surface area contributed by atoms with Gasteiger partial charge in [0.15, 0.2) is 0 Å². The molecule has 0 saturated carbocycles. The molecule has 0 radical (unpaired) electrons. The highest BCUT2D eigenvalue weighted by Crippen LogP contribution is 2.32. The molecule has 2 aromatic rings. The average Bonchev–Trinajstić information content (AvgIpc) is 2.62. The van der Waals surface area contributed by atoms with Gasteiger partial charge in [0.1, 0.15) is 5.69 Å². The Morgan fingerprint density at radius 3 is 2.08 bits per heavy atom. The van der Waals surface area contributed by atoms with Crippen LogP contribution in [0.2, 0.25) is 0 Å². The molecule has 124 valence electrons. The van der Waals surface area contributed by atoms with Crippen molar-refractivity contribution in [2.24, 2.45) is 0 Å². The molecule has 1 aromatic heterocycles. The number of rotatable bonds is 4. The zero-order valence-corrected chi connectivity index (χ0v) is 12.7. The molecule has 1 saturated heterocycles. The summed E-state index contributed by atoms with van der Waals surface area (Å²) in [6.07, 6.45) is 3.45. The summed E-state index contributed by atoms with van der Waals surface area (Å²) in [4.78, 5) is 28.9. The molecule has 1 aliphatic heterocycles. The van der Waals surface area contributed by atoms with Crippen molar-refractivity contribution in [1.82, 2.24) is 4.98 Å². The summed E-state index contributed by atoms with van der Waals surface area (Å²) in [6, 6.07) is 7.62. The van der Waals surface area contributed by atoms with Crippen LogP contribution in [0, 0.1) is 20.2 Å². The maximum atomic E-state index is 11.3. The van der Waals surface area contributed by atoms with Crippen LogP contribution in [0.5, 0.6) is 0 Å². The van der Waals surface area contributed by atoms with Crippen LogP contribution < -0.4 is 9.80 Å². The van der Waals surface area contributed by atoms with Crippen LogP contribution in [0.15, 0.2) is 42.7 Å². The van der Waals surface area contributed by atoms with E-state index in [1.165, 1.54) is 12.1 Å². The van der Waals surface area contributed by atoms with E-state index in [9.17, 15) is 20.2 Å². The lowest BCUT2D eigenvalue weighted by molar-refractivity contribution is -0.393. The molecule has 1 aromatic carbocycles. The summed E-state index contributed by atoms with van der Waals surface area (Å²) in [7, 11) is 0. The number of anilines is 2. The first-order valence-corrected chi connectivity index (χ1v) is 7.39. The Bertz CT molecular complexity index is 760. The second-order valence-corrected chi connectivity index (χ2v) is 5.37. The van der Waals surface area contributed by atoms with E-state index in [4.69, 9.17) is 0 Å². The number of piperazine rings is 1. The number of nitro groups is 2. The Hall–Kier alpha value is -3.23. The van der Waals surface area contributed by atoms with Gasteiger partial charge in [0.25, 0.3) is 11.4 Å². The summed E-state index contributed by atoms with van der Waals surface area (Å²) in [5.74, 6) is 0. The van der Waals surface area contributed by atoms with Crippen LogP contribution in [0.1, 0.15) is 0 Å². The molecule has 0 aliphatic carbocycles. The predicted octanol–water partition coefficient (Wildman–Crippen LogP) is 2.22. The first kappa shape index (κ1) is 15.7. The number of nitro benzene ring substituents is 2. The van der Waals surface area contributed by atoms with Crippen molar-refractivity contribution in [1.29, 1.82) is 0 Å². The fourth-order valence-electron chi connectivity index (χ4n) is 2.80. The highest BCUT2D eigenvalue weighted by atomic mass is 16.6. The van der Waals surface area contributed by atoms with Gasteiger partial charge in [0.2, 0.25) is 0 Å². The molecule has 0 unspecified atom stereocenters. The Morgan fingerprint density at radius 2 is 1.50 bits per heavy atom. The molecule has 1 aliphatic rings. The van der Waals surface area contributed by atoms with Crippen molar-refractivity contribution in [2.75, 3.05) is 36.0 Å². The third-order valence-electron chi connectivity index (χ3n) is 4.01. The lowest BCUT2D eigenvalue weighted by atomic mass is 10.2. The van der Waals surface area contributed by atoms with Crippen molar-refractivity contribution >= 4 is 22.7 Å². The summed E-state index contributed by atoms with van der Waals surface area (Å²) >= 11 is 0. The van der Waals surface area contributed by atoms with Crippen LogP contribution >= 0.6 is 0 Å². The van der Waals surface area contributed by atoms with Gasteiger partial charge in [-0.05, 0) is 18.2 Å². The molecular formula is C15H15N5O4. The van der Waals surface area contributed by atoms with E-state index in [-0.39, 0.29) is 11.4 Å². The molecule has 2 heterocycles. The third-order valence-corrected chi connectivity index (χ3v) is 4.01. The molecule has 9 nitrogen and oxygen atoms in total. The Labute approximate surface area is 137 Å². The van der Waals surface area contributed by atoms with E-state index in [0.29, 0.717) is 31.9 Å². The van der Waals surface area contributed by atoms with Gasteiger partial charge in [-0.1, -0.05) is 0 Å². The maximum absolute atomic E-state index is 11.3. The fourth-order valence-corrected chi connectivity index (χ4v) is 2.80. The normalized spacial score (nSPS) is 14.5. The van der Waals surface area contributed by atoms with E-state index in [1.54, 1.807) is 12.4 Å². The molecule has 0 spiro atoms. The van der Waals surface area contributed by atoms with Gasteiger partial charge in [0.05, 0.1) is 15.9 Å². The standard InChI is InChI=1S/C15H15N5O4/c21-19(22)13-1-2-14(15(11-13)20(23)24)18-9-7-17(8-10-18)12-3-5-16-6-4-12/h1-6,11H,7-10H2. The summed E-state index contributed by atoms with van der Waals surface area (Å²) in [5, 5.41) is 22.1. The minimum Gasteiger partial charge on any atom is -0.368 e. The monoisotopic (exact) mass is 329 g/mol. The van der Waals surface area contributed by atoms with Crippen LogP contribution in [-0.2, 0) is 0 Å². The van der Waals surface area contributed by atoms with Crippen LogP contribution in [-0.4, -0.2) is 41.0 Å². The molecular weight excluding hydrogens is 314 g/mol. The first-order valence-electron chi connectivity index (χ1n) is 7.39. The lowest BCUT2D eigenvalue weighted by Gasteiger charge is -2.36. The molecule has 3 rings (SSSR count). The number of pyridine rings is 1. The van der Waals surface area contributed by atoms with E-state index in [0.717, 1.165) is 11.8 Å². The van der Waals surface area contributed by atoms with Crippen LogP contribution in [0.25, 0.3) is 0 Å². The summed E-state index contributed by atoms with van der Waals surface area (Å²) in [5.41, 5.74) is 0.963. The van der Waals surface area contributed by atoms with Gasteiger partial charge in [-0.15, -0.1) is 0 Å². The van der Waals surface area contributed by atoms with Crippen molar-refractivity contribution in [3.63, 3.8) is 0 Å². The number of aromatic nitrogens is 1. The highest BCUT2D eigenvalue weighted by molar-refractivity contribution is 5.67. The minimum atomic E-state index is -0.627. The number of hydrogen-bond donors (Lipinski definition) is 0. The van der Waals surface area contributed by atoms with E-state index >= 15 is 0 Å².